The summed E-state index contributed by atoms with van der Waals surface area (Å²) in [6.07, 6.45) is 4.23. The molecule has 64 valence electrons. The van der Waals surface area contributed by atoms with Gasteiger partial charge in [0.15, 0.2) is 5.13 Å². The Morgan fingerprint density at radius 1 is 1.83 bits per heavy atom. The molecule has 4 nitrogen and oxygen atoms in total. The van der Waals surface area contributed by atoms with Crippen molar-refractivity contribution in [2.45, 2.75) is 0 Å². The molecule has 0 atom stereocenters. The quantitative estimate of drug-likeness (QED) is 0.695. The SMILES string of the molecule is CNc1ncc(C=CC(=O)O)s1. The minimum atomic E-state index is -0.950. The van der Waals surface area contributed by atoms with Crippen LogP contribution in [0.3, 0.4) is 0 Å². The molecule has 0 aromatic carbocycles. The Hall–Kier alpha value is -1.36. The minimum Gasteiger partial charge on any atom is -0.478 e. The van der Waals surface area contributed by atoms with Gasteiger partial charge in [0.25, 0.3) is 0 Å². The maximum absolute atomic E-state index is 10.1. The number of nitrogens with zero attached hydrogens (tertiary/aromatic N) is 1. The fourth-order valence-corrected chi connectivity index (χ4v) is 1.30. The first-order valence-corrected chi connectivity index (χ1v) is 4.08. The lowest BCUT2D eigenvalue weighted by molar-refractivity contribution is -0.131. The van der Waals surface area contributed by atoms with E-state index in [0.29, 0.717) is 0 Å². The Morgan fingerprint density at radius 3 is 3.08 bits per heavy atom. The van der Waals surface area contributed by atoms with Gasteiger partial charge in [-0.1, -0.05) is 11.3 Å². The van der Waals surface area contributed by atoms with E-state index in [9.17, 15) is 4.79 Å². The van der Waals surface area contributed by atoms with Crippen LogP contribution in [0.1, 0.15) is 4.88 Å². The van der Waals surface area contributed by atoms with E-state index in [0.717, 1.165) is 16.1 Å². The third kappa shape index (κ3) is 2.35. The van der Waals surface area contributed by atoms with E-state index < -0.39 is 5.97 Å². The zero-order valence-electron chi connectivity index (χ0n) is 6.44. The lowest BCUT2D eigenvalue weighted by Gasteiger charge is -1.85. The van der Waals surface area contributed by atoms with Gasteiger partial charge in [0.1, 0.15) is 0 Å². The smallest absolute Gasteiger partial charge is 0.328 e. The molecule has 1 heterocycles. The van der Waals surface area contributed by atoms with Crippen LogP contribution in [0.2, 0.25) is 0 Å². The minimum absolute atomic E-state index is 0.778. The molecule has 0 radical (unpaired) electrons. The van der Waals surface area contributed by atoms with Gasteiger partial charge in [-0.2, -0.15) is 0 Å². The molecule has 0 saturated carbocycles. The number of carboxylic acid groups (broad SMARTS) is 1. The van der Waals surface area contributed by atoms with Crippen molar-refractivity contribution in [2.75, 3.05) is 12.4 Å². The maximum atomic E-state index is 10.1. The average molecular weight is 184 g/mol. The summed E-state index contributed by atoms with van der Waals surface area (Å²) in [6.45, 7) is 0. The molecule has 0 saturated heterocycles. The maximum Gasteiger partial charge on any atom is 0.328 e. The van der Waals surface area contributed by atoms with Gasteiger partial charge < -0.3 is 10.4 Å². The molecule has 0 aliphatic rings. The Kier molecular flexibility index (Phi) is 2.82. The fraction of sp³-hybridized carbons (Fsp3) is 0.143. The number of carboxylic acids is 1. The molecule has 1 rings (SSSR count). The Bertz CT molecular complexity index is 306. The summed E-state index contributed by atoms with van der Waals surface area (Å²) in [4.78, 5) is 14.9. The summed E-state index contributed by atoms with van der Waals surface area (Å²) >= 11 is 1.40. The largest absolute Gasteiger partial charge is 0.478 e. The second-order valence-corrected chi connectivity index (χ2v) is 3.05. The highest BCUT2D eigenvalue weighted by Gasteiger charge is 1.95. The van der Waals surface area contributed by atoms with Crippen molar-refractivity contribution in [2.24, 2.45) is 0 Å². The molecule has 0 amide bonds. The summed E-state index contributed by atoms with van der Waals surface area (Å²) in [7, 11) is 1.77. The Labute approximate surface area is 73.6 Å². The van der Waals surface area contributed by atoms with Crippen LogP contribution in [0, 0.1) is 0 Å². The number of aromatic nitrogens is 1. The molecular weight excluding hydrogens is 176 g/mol. The summed E-state index contributed by atoms with van der Waals surface area (Å²) < 4.78 is 0. The molecule has 0 unspecified atom stereocenters. The summed E-state index contributed by atoms with van der Waals surface area (Å²) in [5.41, 5.74) is 0. The second kappa shape index (κ2) is 3.87. The number of hydrogen-bond donors (Lipinski definition) is 2. The summed E-state index contributed by atoms with van der Waals surface area (Å²) in [6, 6.07) is 0. The molecule has 2 N–H and O–H groups in total. The van der Waals surface area contributed by atoms with E-state index in [4.69, 9.17) is 5.11 Å². The van der Waals surface area contributed by atoms with Gasteiger partial charge in [-0.05, 0) is 6.08 Å². The topological polar surface area (TPSA) is 62.2 Å². The first-order valence-electron chi connectivity index (χ1n) is 3.27. The van der Waals surface area contributed by atoms with E-state index in [1.165, 1.54) is 17.4 Å². The van der Waals surface area contributed by atoms with Crippen LogP contribution in [0.15, 0.2) is 12.3 Å². The molecule has 5 heteroatoms. The van der Waals surface area contributed by atoms with E-state index in [1.54, 1.807) is 13.2 Å². The second-order valence-electron chi connectivity index (χ2n) is 1.99. The first-order chi connectivity index (χ1) is 5.72. The van der Waals surface area contributed by atoms with Crippen LogP contribution in [-0.4, -0.2) is 23.1 Å². The van der Waals surface area contributed by atoms with Gasteiger partial charge in [-0.25, -0.2) is 9.78 Å². The van der Waals surface area contributed by atoms with Gasteiger partial charge in [0, 0.05) is 24.2 Å². The van der Waals surface area contributed by atoms with Crippen LogP contribution in [0.4, 0.5) is 5.13 Å². The fourth-order valence-electron chi connectivity index (χ4n) is 0.633. The monoisotopic (exact) mass is 184 g/mol. The molecular formula is C7H8N2O2S. The number of hydrogen-bond acceptors (Lipinski definition) is 4. The summed E-state index contributed by atoms with van der Waals surface area (Å²) in [5, 5.41) is 12.0. The van der Waals surface area contributed by atoms with Crippen molar-refractivity contribution in [3.63, 3.8) is 0 Å². The van der Waals surface area contributed by atoms with Crippen molar-refractivity contribution in [3.05, 3.63) is 17.2 Å². The molecule has 1 aromatic heterocycles. The van der Waals surface area contributed by atoms with Crippen LogP contribution in [0.5, 0.6) is 0 Å². The number of anilines is 1. The van der Waals surface area contributed by atoms with Crippen LogP contribution in [-0.2, 0) is 4.79 Å². The van der Waals surface area contributed by atoms with E-state index in [2.05, 4.69) is 10.3 Å². The van der Waals surface area contributed by atoms with Crippen LogP contribution in [0.25, 0.3) is 6.08 Å². The van der Waals surface area contributed by atoms with Gasteiger partial charge in [-0.3, -0.25) is 0 Å². The highest BCUT2D eigenvalue weighted by molar-refractivity contribution is 7.16. The van der Waals surface area contributed by atoms with Gasteiger partial charge >= 0.3 is 5.97 Å². The Balaban J connectivity index is 2.70. The molecule has 0 aliphatic heterocycles. The van der Waals surface area contributed by atoms with Gasteiger partial charge in [-0.15, -0.1) is 0 Å². The average Bonchev–Trinajstić information content (AvgIpc) is 2.48. The molecule has 0 spiro atoms. The van der Waals surface area contributed by atoms with Gasteiger partial charge in [0.2, 0.25) is 0 Å². The summed E-state index contributed by atoms with van der Waals surface area (Å²) in [5.74, 6) is -0.950. The highest BCUT2D eigenvalue weighted by atomic mass is 32.1. The first kappa shape index (κ1) is 8.73. The van der Waals surface area contributed by atoms with Gasteiger partial charge in [0.05, 0.1) is 0 Å². The van der Waals surface area contributed by atoms with E-state index in [-0.39, 0.29) is 0 Å². The number of rotatable bonds is 3. The number of carbonyl (C=O) groups is 1. The third-order valence-corrected chi connectivity index (χ3v) is 2.11. The van der Waals surface area contributed by atoms with Crippen LogP contribution < -0.4 is 5.32 Å². The predicted molar refractivity (Wildman–Crippen MR) is 48.3 cm³/mol. The Morgan fingerprint density at radius 2 is 2.58 bits per heavy atom. The molecule has 1 aromatic rings. The third-order valence-electron chi connectivity index (χ3n) is 1.13. The molecule has 0 aliphatic carbocycles. The number of nitrogens with one attached hydrogen (secondary N) is 1. The number of thiazole rings is 1. The van der Waals surface area contributed by atoms with Crippen molar-refractivity contribution in [3.8, 4) is 0 Å². The standard InChI is InChI=1S/C7H8N2O2S/c1-8-7-9-4-5(12-7)2-3-6(10)11/h2-4H,1H3,(H,8,9)(H,10,11). The van der Waals surface area contributed by atoms with E-state index in [1.807, 2.05) is 0 Å². The lowest BCUT2D eigenvalue weighted by atomic mass is 10.4. The van der Waals surface area contributed by atoms with Crippen molar-refractivity contribution < 1.29 is 9.90 Å². The highest BCUT2D eigenvalue weighted by Crippen LogP contribution is 2.18. The predicted octanol–water partition coefficient (Wildman–Crippen LogP) is 1.28. The van der Waals surface area contributed by atoms with Crippen molar-refractivity contribution in [1.82, 2.24) is 4.98 Å². The zero-order chi connectivity index (χ0) is 8.97. The molecule has 0 fully saturated rings. The molecule has 12 heavy (non-hydrogen) atoms. The van der Waals surface area contributed by atoms with Crippen molar-refractivity contribution in [1.29, 1.82) is 0 Å². The zero-order valence-corrected chi connectivity index (χ0v) is 7.26. The number of aliphatic carboxylic acids is 1. The van der Waals surface area contributed by atoms with Crippen molar-refractivity contribution >= 4 is 28.5 Å². The normalized spacial score (nSPS) is 10.4. The molecule has 0 bridgehead atoms. The lowest BCUT2D eigenvalue weighted by Crippen LogP contribution is -1.84. The van der Waals surface area contributed by atoms with E-state index >= 15 is 0 Å². The van der Waals surface area contributed by atoms with Crippen LogP contribution >= 0.6 is 11.3 Å².